The van der Waals surface area contributed by atoms with E-state index in [0.717, 1.165) is 23.2 Å². The fourth-order valence-corrected chi connectivity index (χ4v) is 5.23. The topological polar surface area (TPSA) is 46.6 Å². The van der Waals surface area contributed by atoms with Crippen molar-refractivity contribution in [1.29, 1.82) is 0 Å². The molecule has 1 aliphatic heterocycles. The first-order valence-corrected chi connectivity index (χ1v) is 9.91. The third kappa shape index (κ3) is 3.01. The van der Waals surface area contributed by atoms with Crippen molar-refractivity contribution < 1.29 is 13.2 Å². The van der Waals surface area contributed by atoms with Gasteiger partial charge in [-0.1, -0.05) is 45.0 Å². The minimum absolute atomic E-state index is 0.120. The van der Waals surface area contributed by atoms with Crippen molar-refractivity contribution in [3.63, 3.8) is 0 Å². The Hall–Kier alpha value is -2.01. The van der Waals surface area contributed by atoms with Crippen LogP contribution in [0.3, 0.4) is 0 Å². The molecule has 0 fully saturated rings. The van der Waals surface area contributed by atoms with Gasteiger partial charge in [-0.05, 0) is 48.1 Å². The van der Waals surface area contributed by atoms with Gasteiger partial charge in [0.15, 0.2) is 0 Å². The SMILES string of the molecule is COc1ccc(C(C)(C)C)cc1S(=O)(=O)N1c2ccccc2C[C@@H]1C. The van der Waals surface area contributed by atoms with Gasteiger partial charge in [-0.25, -0.2) is 8.42 Å². The third-order valence-corrected chi connectivity index (χ3v) is 6.66. The molecule has 2 aromatic rings. The van der Waals surface area contributed by atoms with Crippen LogP contribution in [0.4, 0.5) is 5.69 Å². The van der Waals surface area contributed by atoms with Gasteiger partial charge in [-0.3, -0.25) is 4.31 Å². The van der Waals surface area contributed by atoms with Crippen LogP contribution in [-0.4, -0.2) is 21.6 Å². The predicted molar refractivity (Wildman–Crippen MR) is 101 cm³/mol. The molecular weight excluding hydrogens is 334 g/mol. The second kappa shape index (κ2) is 6.06. The Bertz CT molecular complexity index is 897. The fourth-order valence-electron chi connectivity index (χ4n) is 3.35. The zero-order chi connectivity index (χ0) is 18.4. The van der Waals surface area contributed by atoms with Gasteiger partial charge in [0.2, 0.25) is 0 Å². The van der Waals surface area contributed by atoms with Gasteiger partial charge in [-0.2, -0.15) is 0 Å². The summed E-state index contributed by atoms with van der Waals surface area (Å²) in [6, 6.07) is 13.0. The van der Waals surface area contributed by atoms with E-state index in [9.17, 15) is 8.42 Å². The molecule has 134 valence electrons. The van der Waals surface area contributed by atoms with Gasteiger partial charge in [0.25, 0.3) is 10.0 Å². The number of fused-ring (bicyclic) bond motifs is 1. The first-order chi connectivity index (χ1) is 11.7. The van der Waals surface area contributed by atoms with E-state index in [4.69, 9.17) is 4.74 Å². The Balaban J connectivity index is 2.18. The van der Waals surface area contributed by atoms with Crippen molar-refractivity contribution in [2.75, 3.05) is 11.4 Å². The first kappa shape index (κ1) is 17.8. The highest BCUT2D eigenvalue weighted by Crippen LogP contribution is 2.39. The monoisotopic (exact) mass is 359 g/mol. The Labute approximate surface area is 150 Å². The minimum Gasteiger partial charge on any atom is -0.495 e. The second-order valence-electron chi connectivity index (χ2n) is 7.60. The molecule has 4 nitrogen and oxygen atoms in total. The van der Waals surface area contributed by atoms with E-state index in [1.165, 1.54) is 11.4 Å². The lowest BCUT2D eigenvalue weighted by atomic mass is 9.87. The molecule has 0 amide bonds. The van der Waals surface area contributed by atoms with Crippen molar-refractivity contribution >= 4 is 15.7 Å². The van der Waals surface area contributed by atoms with Crippen LogP contribution < -0.4 is 9.04 Å². The Morgan fingerprint density at radius 1 is 1.12 bits per heavy atom. The van der Waals surface area contributed by atoms with Gasteiger partial charge >= 0.3 is 0 Å². The molecule has 0 aromatic heterocycles. The number of hydrogen-bond donors (Lipinski definition) is 0. The number of methoxy groups -OCH3 is 1. The van der Waals surface area contributed by atoms with Crippen LogP contribution >= 0.6 is 0 Å². The lowest BCUT2D eigenvalue weighted by molar-refractivity contribution is 0.401. The van der Waals surface area contributed by atoms with E-state index >= 15 is 0 Å². The molecule has 0 unspecified atom stereocenters. The smallest absolute Gasteiger partial charge is 0.268 e. The molecule has 25 heavy (non-hydrogen) atoms. The van der Waals surface area contributed by atoms with Crippen molar-refractivity contribution in [2.24, 2.45) is 0 Å². The average Bonchev–Trinajstić information content (AvgIpc) is 2.89. The molecule has 2 aromatic carbocycles. The van der Waals surface area contributed by atoms with Crippen molar-refractivity contribution in [1.82, 2.24) is 0 Å². The van der Waals surface area contributed by atoms with E-state index in [-0.39, 0.29) is 16.4 Å². The summed E-state index contributed by atoms with van der Waals surface area (Å²) in [5.74, 6) is 0.379. The number of nitrogens with zero attached hydrogens (tertiary/aromatic N) is 1. The summed E-state index contributed by atoms with van der Waals surface area (Å²) < 4.78 is 33.9. The first-order valence-electron chi connectivity index (χ1n) is 8.47. The van der Waals surface area contributed by atoms with Gasteiger partial charge in [0.1, 0.15) is 10.6 Å². The number of para-hydroxylation sites is 1. The van der Waals surface area contributed by atoms with Crippen LogP contribution in [0.1, 0.15) is 38.8 Å². The Morgan fingerprint density at radius 3 is 2.44 bits per heavy atom. The maximum Gasteiger partial charge on any atom is 0.268 e. The van der Waals surface area contributed by atoms with E-state index in [1.807, 2.05) is 37.3 Å². The van der Waals surface area contributed by atoms with Crippen molar-refractivity contribution in [3.05, 3.63) is 53.6 Å². The zero-order valence-corrected chi connectivity index (χ0v) is 16.2. The van der Waals surface area contributed by atoms with E-state index in [2.05, 4.69) is 20.8 Å². The number of hydrogen-bond acceptors (Lipinski definition) is 3. The molecule has 0 aliphatic carbocycles. The summed E-state index contributed by atoms with van der Waals surface area (Å²) in [4.78, 5) is 0.228. The molecule has 1 atom stereocenters. The molecule has 0 radical (unpaired) electrons. The number of rotatable bonds is 3. The second-order valence-corrected chi connectivity index (χ2v) is 9.38. The largest absolute Gasteiger partial charge is 0.495 e. The maximum atomic E-state index is 13.5. The highest BCUT2D eigenvalue weighted by atomic mass is 32.2. The molecule has 1 aliphatic rings. The fraction of sp³-hybridized carbons (Fsp3) is 0.400. The quantitative estimate of drug-likeness (QED) is 0.828. The summed E-state index contributed by atoms with van der Waals surface area (Å²) in [6.45, 7) is 8.15. The lowest BCUT2D eigenvalue weighted by Gasteiger charge is -2.27. The van der Waals surface area contributed by atoms with Crippen LogP contribution in [0, 0.1) is 0 Å². The molecule has 0 saturated heterocycles. The summed E-state index contributed by atoms with van der Waals surface area (Å²) in [5.41, 5.74) is 2.64. The van der Waals surface area contributed by atoms with Gasteiger partial charge in [0, 0.05) is 6.04 Å². The number of benzene rings is 2. The predicted octanol–water partition coefficient (Wildman–Crippen LogP) is 4.13. The molecule has 3 rings (SSSR count). The molecule has 0 spiro atoms. The van der Waals surface area contributed by atoms with Crippen LogP contribution in [0.5, 0.6) is 5.75 Å². The standard InChI is InChI=1S/C20H25NO3S/c1-14-12-15-8-6-7-9-17(15)21(14)25(22,23)19-13-16(20(2,3)4)10-11-18(19)24-5/h6-11,13-14H,12H2,1-5H3/t14-/m0/s1. The Kier molecular flexibility index (Phi) is 4.31. The summed E-state index contributed by atoms with van der Waals surface area (Å²) >= 11 is 0. The highest BCUT2D eigenvalue weighted by molar-refractivity contribution is 7.93. The van der Waals surface area contributed by atoms with Gasteiger partial charge < -0.3 is 4.74 Å². The highest BCUT2D eigenvalue weighted by Gasteiger charge is 2.37. The normalized spacial score (nSPS) is 17.5. The van der Waals surface area contributed by atoms with Crippen LogP contribution in [0.2, 0.25) is 0 Å². The number of anilines is 1. The lowest BCUT2D eigenvalue weighted by Crippen LogP contribution is -2.36. The van der Waals surface area contributed by atoms with E-state index < -0.39 is 10.0 Å². The van der Waals surface area contributed by atoms with Crippen molar-refractivity contribution in [3.8, 4) is 5.75 Å². The molecule has 5 heteroatoms. The number of ether oxygens (including phenoxy) is 1. The van der Waals surface area contributed by atoms with Crippen molar-refractivity contribution in [2.45, 2.75) is 50.5 Å². The zero-order valence-electron chi connectivity index (χ0n) is 15.4. The van der Waals surface area contributed by atoms with Gasteiger partial charge in [0.05, 0.1) is 12.8 Å². The van der Waals surface area contributed by atoms with Crippen LogP contribution in [-0.2, 0) is 21.9 Å². The van der Waals surface area contributed by atoms with E-state index in [0.29, 0.717) is 5.75 Å². The minimum atomic E-state index is -3.72. The van der Waals surface area contributed by atoms with E-state index in [1.54, 1.807) is 12.1 Å². The molecular formula is C20H25NO3S. The Morgan fingerprint density at radius 2 is 1.80 bits per heavy atom. The van der Waals surface area contributed by atoms with Crippen LogP contribution in [0.25, 0.3) is 0 Å². The van der Waals surface area contributed by atoms with Gasteiger partial charge in [-0.15, -0.1) is 0 Å². The average molecular weight is 359 g/mol. The molecule has 1 heterocycles. The molecule has 0 saturated carbocycles. The summed E-state index contributed by atoms with van der Waals surface area (Å²) in [7, 11) is -2.21. The number of sulfonamides is 1. The third-order valence-electron chi connectivity index (χ3n) is 4.71. The summed E-state index contributed by atoms with van der Waals surface area (Å²) in [5, 5.41) is 0. The molecule has 0 bridgehead atoms. The molecule has 0 N–H and O–H groups in total. The maximum absolute atomic E-state index is 13.5. The van der Waals surface area contributed by atoms with Crippen LogP contribution in [0.15, 0.2) is 47.4 Å². The summed E-state index contributed by atoms with van der Waals surface area (Å²) in [6.07, 6.45) is 0.719.